The highest BCUT2D eigenvalue weighted by Crippen LogP contribution is 2.58. The summed E-state index contributed by atoms with van der Waals surface area (Å²) in [5.41, 5.74) is -2.43. The molecule has 0 amide bonds. The van der Waals surface area contributed by atoms with Crippen molar-refractivity contribution in [3.05, 3.63) is 20.2 Å². The van der Waals surface area contributed by atoms with Crippen molar-refractivity contribution in [2.24, 2.45) is 0 Å². The summed E-state index contributed by atoms with van der Waals surface area (Å²) in [5.74, 6) is 0. The summed E-state index contributed by atoms with van der Waals surface area (Å²) < 4.78 is 0.385. The van der Waals surface area contributed by atoms with E-state index in [1.54, 1.807) is 0 Å². The van der Waals surface area contributed by atoms with E-state index in [1.807, 2.05) is 7.05 Å². The van der Waals surface area contributed by atoms with Crippen LogP contribution in [0.4, 0.5) is 0 Å². The van der Waals surface area contributed by atoms with Crippen LogP contribution in [-0.2, 0) is 0 Å². The van der Waals surface area contributed by atoms with Gasteiger partial charge in [-0.15, -0.1) is 11.6 Å². The summed E-state index contributed by atoms with van der Waals surface area (Å²) in [6, 6.07) is -0.152. The molecule has 4 fully saturated rings. The van der Waals surface area contributed by atoms with E-state index < -0.39 is 16.5 Å². The van der Waals surface area contributed by atoms with E-state index in [-0.39, 0.29) is 34.7 Å². The molecule has 4 aliphatic rings. The number of halogens is 2. The minimum absolute atomic E-state index is 0. The van der Waals surface area contributed by atoms with Gasteiger partial charge in [0.25, 0.3) is 11.1 Å². The zero-order valence-electron chi connectivity index (χ0n) is 9.71. The molecule has 9 heteroatoms. The molecular formula is C9H13Cl2N3O4. The SMILES string of the molecule is C[N+]12C[C@@]3([N+](=O)[O-])CC1C(Cl)[C@]([N+](=O)[O-])(C3)C2.[Cl-]. The van der Waals surface area contributed by atoms with Crippen LogP contribution in [-0.4, -0.2) is 57.0 Å². The van der Waals surface area contributed by atoms with Crippen LogP contribution in [0.1, 0.15) is 12.8 Å². The number of rotatable bonds is 2. The molecule has 102 valence electrons. The Bertz CT molecular complexity index is 450. The van der Waals surface area contributed by atoms with Gasteiger partial charge in [0, 0.05) is 9.85 Å². The second-order valence-corrected chi connectivity index (χ2v) is 6.46. The Labute approximate surface area is 114 Å². The van der Waals surface area contributed by atoms with E-state index >= 15 is 0 Å². The first-order valence-electron chi connectivity index (χ1n) is 5.53. The van der Waals surface area contributed by atoms with Gasteiger partial charge in [-0.05, 0) is 0 Å². The van der Waals surface area contributed by atoms with Gasteiger partial charge >= 0.3 is 0 Å². The molecule has 7 nitrogen and oxygen atoms in total. The van der Waals surface area contributed by atoms with Gasteiger partial charge in [-0.2, -0.15) is 0 Å². The molecule has 0 aromatic heterocycles. The zero-order valence-corrected chi connectivity index (χ0v) is 11.2. The normalized spacial score (nSPS) is 52.1. The molecule has 4 bridgehead atoms. The second-order valence-electron chi connectivity index (χ2n) is 5.99. The fraction of sp³-hybridized carbons (Fsp3) is 1.00. The number of quaternary nitrogens is 1. The second kappa shape index (κ2) is 3.46. The summed E-state index contributed by atoms with van der Waals surface area (Å²) in [6.45, 7) is 0.706. The van der Waals surface area contributed by atoms with Crippen LogP contribution in [0.15, 0.2) is 0 Å². The Balaban J connectivity index is 0.00000120. The topological polar surface area (TPSA) is 86.3 Å². The van der Waals surface area contributed by atoms with Crippen molar-refractivity contribution in [1.29, 1.82) is 0 Å². The number of nitrogens with zero attached hydrogens (tertiary/aromatic N) is 3. The van der Waals surface area contributed by atoms with Crippen molar-refractivity contribution >= 4 is 11.6 Å². The van der Waals surface area contributed by atoms with Crippen molar-refractivity contribution < 1.29 is 26.7 Å². The first-order chi connectivity index (χ1) is 7.76. The Morgan fingerprint density at radius 3 is 2.33 bits per heavy atom. The summed E-state index contributed by atoms with van der Waals surface area (Å²) >= 11 is 6.23. The first-order valence-corrected chi connectivity index (χ1v) is 5.97. The Morgan fingerprint density at radius 1 is 1.28 bits per heavy atom. The molecule has 0 aromatic carbocycles. The Morgan fingerprint density at radius 2 is 1.89 bits per heavy atom. The van der Waals surface area contributed by atoms with Gasteiger partial charge in [-0.3, -0.25) is 20.2 Å². The molecule has 3 aliphatic heterocycles. The quantitative estimate of drug-likeness (QED) is 0.240. The highest BCUT2D eigenvalue weighted by Gasteiger charge is 2.84. The molecule has 5 atom stereocenters. The molecule has 3 unspecified atom stereocenters. The van der Waals surface area contributed by atoms with Gasteiger partial charge in [-0.25, -0.2) is 0 Å². The van der Waals surface area contributed by atoms with Crippen LogP contribution in [0.2, 0.25) is 0 Å². The highest BCUT2D eigenvalue weighted by atomic mass is 35.5. The predicted molar refractivity (Wildman–Crippen MR) is 58.0 cm³/mol. The van der Waals surface area contributed by atoms with E-state index in [0.29, 0.717) is 24.0 Å². The number of nitro groups is 2. The molecule has 3 saturated heterocycles. The number of likely N-dealkylation sites (N-methyl/N-ethyl adjacent to an activating group) is 1. The molecule has 0 aromatic rings. The molecule has 0 spiro atoms. The average Bonchev–Trinajstić information content (AvgIpc) is 2.51. The Kier molecular flexibility index (Phi) is 2.65. The molecule has 3 heterocycles. The van der Waals surface area contributed by atoms with Gasteiger partial charge in [0.15, 0.2) is 18.5 Å². The standard InChI is InChI=1S/C9H13ClN3O4.ClH/c1-13-4-8(11(14)15)2-6(13)7(10)9(3-8,5-13)12(16)17;/h6-7H,2-5H2,1H3;1H/q+1;/p-1/t6?,7?,8-,9+,13?;/m1./s1. The van der Waals surface area contributed by atoms with Gasteiger partial charge < -0.3 is 16.9 Å². The van der Waals surface area contributed by atoms with Crippen LogP contribution in [0.5, 0.6) is 0 Å². The smallest absolute Gasteiger partial charge is 0.298 e. The largest absolute Gasteiger partial charge is 1.00 e. The third-order valence-electron chi connectivity index (χ3n) is 4.92. The van der Waals surface area contributed by atoms with E-state index in [1.165, 1.54) is 0 Å². The minimum atomic E-state index is -1.30. The Hall–Kier alpha value is -0.660. The molecular weight excluding hydrogens is 285 g/mol. The van der Waals surface area contributed by atoms with Crippen LogP contribution < -0.4 is 12.4 Å². The van der Waals surface area contributed by atoms with Crippen LogP contribution in [0.3, 0.4) is 0 Å². The van der Waals surface area contributed by atoms with Gasteiger partial charge in [0.2, 0.25) is 0 Å². The van der Waals surface area contributed by atoms with Crippen LogP contribution >= 0.6 is 11.6 Å². The maximum absolute atomic E-state index is 11.3. The molecule has 0 radical (unpaired) electrons. The lowest BCUT2D eigenvalue weighted by molar-refractivity contribution is -0.928. The maximum atomic E-state index is 11.3. The fourth-order valence-electron chi connectivity index (χ4n) is 4.40. The van der Waals surface area contributed by atoms with E-state index in [9.17, 15) is 20.2 Å². The average molecular weight is 298 g/mol. The lowest BCUT2D eigenvalue weighted by atomic mass is 9.72. The summed E-state index contributed by atoms with van der Waals surface area (Å²) in [5, 5.41) is 22.0. The third kappa shape index (κ3) is 1.24. The van der Waals surface area contributed by atoms with Crippen molar-refractivity contribution in [2.45, 2.75) is 35.3 Å². The number of piperidine rings is 1. The number of alkyl halides is 1. The van der Waals surface area contributed by atoms with Gasteiger partial charge in [0.05, 0.1) is 13.5 Å². The molecule has 1 saturated carbocycles. The number of hydrogen-bond acceptors (Lipinski definition) is 4. The van der Waals surface area contributed by atoms with Crippen LogP contribution in [0.25, 0.3) is 0 Å². The fourth-order valence-corrected chi connectivity index (χ4v) is 4.99. The van der Waals surface area contributed by atoms with Gasteiger partial charge in [0.1, 0.15) is 12.5 Å². The molecule has 4 rings (SSSR count). The lowest BCUT2D eigenvalue weighted by Gasteiger charge is -2.35. The highest BCUT2D eigenvalue weighted by molar-refractivity contribution is 6.22. The van der Waals surface area contributed by atoms with Crippen LogP contribution in [0, 0.1) is 20.2 Å². The monoisotopic (exact) mass is 297 g/mol. The minimum Gasteiger partial charge on any atom is -1.00 e. The lowest BCUT2D eigenvalue weighted by Crippen LogP contribution is -3.00. The molecule has 1 aliphatic carbocycles. The van der Waals surface area contributed by atoms with Gasteiger partial charge in [-0.1, -0.05) is 0 Å². The molecule has 18 heavy (non-hydrogen) atoms. The number of hydrogen-bond donors (Lipinski definition) is 0. The third-order valence-corrected chi connectivity index (χ3v) is 5.61. The summed E-state index contributed by atoms with van der Waals surface area (Å²) in [6.07, 6.45) is 0.360. The first kappa shape index (κ1) is 13.8. The van der Waals surface area contributed by atoms with Crippen molar-refractivity contribution in [3.63, 3.8) is 0 Å². The zero-order chi connectivity index (χ0) is 12.6. The van der Waals surface area contributed by atoms with E-state index in [4.69, 9.17) is 11.6 Å². The summed E-state index contributed by atoms with van der Waals surface area (Å²) in [7, 11) is 1.86. The van der Waals surface area contributed by atoms with E-state index in [2.05, 4.69) is 0 Å². The summed E-state index contributed by atoms with van der Waals surface area (Å²) in [4.78, 5) is 21.9. The van der Waals surface area contributed by atoms with Crippen molar-refractivity contribution in [1.82, 2.24) is 0 Å². The predicted octanol–water partition coefficient (Wildman–Crippen LogP) is -2.73. The van der Waals surface area contributed by atoms with Crippen molar-refractivity contribution in [2.75, 3.05) is 20.1 Å². The molecule has 0 N–H and O–H groups in total. The van der Waals surface area contributed by atoms with E-state index in [0.717, 1.165) is 0 Å². The van der Waals surface area contributed by atoms with Crippen molar-refractivity contribution in [3.8, 4) is 0 Å². The maximum Gasteiger partial charge on any atom is 0.298 e.